The van der Waals surface area contributed by atoms with Gasteiger partial charge >= 0.3 is 0 Å². The minimum atomic E-state index is -0.348. The molecule has 0 fully saturated rings. The second kappa shape index (κ2) is 6.41. The number of hydrogen-bond donors (Lipinski definition) is 2. The van der Waals surface area contributed by atoms with Gasteiger partial charge in [0.05, 0.1) is 23.6 Å². The minimum Gasteiger partial charge on any atom is -0.366 e. The molecular formula is C14H16ClFN4S. The molecule has 2 rings (SSSR count). The number of aromatic nitrogens is 2. The van der Waals surface area contributed by atoms with E-state index in [0.29, 0.717) is 16.7 Å². The van der Waals surface area contributed by atoms with Crippen LogP contribution < -0.4 is 10.6 Å². The van der Waals surface area contributed by atoms with Crippen molar-refractivity contribution >= 4 is 34.6 Å². The Hall–Kier alpha value is -1.66. The molecule has 4 nitrogen and oxygen atoms in total. The second-order valence-corrected chi connectivity index (χ2v) is 5.46. The second-order valence-electron chi connectivity index (χ2n) is 4.64. The number of anilines is 1. The molecule has 0 unspecified atom stereocenters. The number of aryl methyl sites for hydroxylation is 1. The largest absolute Gasteiger partial charge is 0.366 e. The molecule has 0 bridgehead atoms. The summed E-state index contributed by atoms with van der Waals surface area (Å²) in [6, 6.07) is 4.36. The van der Waals surface area contributed by atoms with Gasteiger partial charge in [0.1, 0.15) is 5.82 Å². The zero-order valence-electron chi connectivity index (χ0n) is 12.0. The first-order valence-electron chi connectivity index (χ1n) is 6.39. The van der Waals surface area contributed by atoms with Gasteiger partial charge in [-0.15, -0.1) is 0 Å². The fourth-order valence-corrected chi connectivity index (χ4v) is 2.35. The van der Waals surface area contributed by atoms with Crippen molar-refractivity contribution in [1.82, 2.24) is 15.1 Å². The number of nitrogens with one attached hydrogen (secondary N) is 2. The van der Waals surface area contributed by atoms with Crippen LogP contribution in [0.3, 0.4) is 0 Å². The van der Waals surface area contributed by atoms with Crippen molar-refractivity contribution in [3.8, 4) is 0 Å². The number of halogens is 2. The highest BCUT2D eigenvalue weighted by Gasteiger charge is 2.13. The first kappa shape index (κ1) is 15.7. The standard InChI is InChI=1S/C14H16ClFN4S/c1-8-13(18-14(21)17-3)9(2)20(19-8)7-10-4-5-11(16)6-12(10)15/h4-6H,7H2,1-3H3,(H2,17,18,21). The Morgan fingerprint density at radius 2 is 2.14 bits per heavy atom. The van der Waals surface area contributed by atoms with E-state index in [1.54, 1.807) is 13.1 Å². The van der Waals surface area contributed by atoms with Gasteiger partial charge in [-0.1, -0.05) is 17.7 Å². The maximum atomic E-state index is 13.1. The van der Waals surface area contributed by atoms with Crippen LogP contribution in [0.15, 0.2) is 18.2 Å². The zero-order valence-corrected chi connectivity index (χ0v) is 13.6. The van der Waals surface area contributed by atoms with Crippen molar-refractivity contribution in [3.63, 3.8) is 0 Å². The lowest BCUT2D eigenvalue weighted by Crippen LogP contribution is -2.24. The zero-order chi connectivity index (χ0) is 15.6. The first-order chi connectivity index (χ1) is 9.92. The third kappa shape index (κ3) is 3.51. The Balaban J connectivity index is 2.29. The summed E-state index contributed by atoms with van der Waals surface area (Å²) in [5.74, 6) is -0.348. The fraction of sp³-hybridized carbons (Fsp3) is 0.286. The Labute approximate surface area is 133 Å². The SMILES string of the molecule is CNC(=S)Nc1c(C)nn(Cc2ccc(F)cc2Cl)c1C. The summed E-state index contributed by atoms with van der Waals surface area (Å²) in [6.45, 7) is 4.31. The molecule has 0 aliphatic carbocycles. The van der Waals surface area contributed by atoms with Gasteiger partial charge in [-0.25, -0.2) is 4.39 Å². The molecule has 0 aliphatic rings. The molecule has 0 saturated heterocycles. The highest BCUT2D eigenvalue weighted by atomic mass is 35.5. The van der Waals surface area contributed by atoms with Crippen LogP contribution in [0.5, 0.6) is 0 Å². The number of nitrogens with zero attached hydrogens (tertiary/aromatic N) is 2. The van der Waals surface area contributed by atoms with Gasteiger partial charge in [-0.05, 0) is 43.8 Å². The summed E-state index contributed by atoms with van der Waals surface area (Å²) < 4.78 is 14.9. The molecule has 112 valence electrons. The van der Waals surface area contributed by atoms with E-state index < -0.39 is 0 Å². The van der Waals surface area contributed by atoms with Gasteiger partial charge in [0.2, 0.25) is 0 Å². The summed E-state index contributed by atoms with van der Waals surface area (Å²) in [4.78, 5) is 0. The van der Waals surface area contributed by atoms with E-state index in [-0.39, 0.29) is 5.82 Å². The predicted octanol–water partition coefficient (Wildman–Crippen LogP) is 3.26. The normalized spacial score (nSPS) is 10.5. The van der Waals surface area contributed by atoms with Crippen molar-refractivity contribution < 1.29 is 4.39 Å². The van der Waals surface area contributed by atoms with Crippen LogP contribution in [-0.4, -0.2) is 21.9 Å². The van der Waals surface area contributed by atoms with Crippen LogP contribution in [0.25, 0.3) is 0 Å². The van der Waals surface area contributed by atoms with Gasteiger partial charge in [-0.3, -0.25) is 4.68 Å². The van der Waals surface area contributed by atoms with Crippen molar-refractivity contribution in [2.45, 2.75) is 20.4 Å². The van der Waals surface area contributed by atoms with E-state index >= 15 is 0 Å². The summed E-state index contributed by atoms with van der Waals surface area (Å²) >= 11 is 11.2. The van der Waals surface area contributed by atoms with Crippen LogP contribution in [0.4, 0.5) is 10.1 Å². The molecule has 0 radical (unpaired) electrons. The molecule has 1 heterocycles. The molecule has 2 N–H and O–H groups in total. The van der Waals surface area contributed by atoms with Crippen molar-refractivity contribution in [1.29, 1.82) is 0 Å². The smallest absolute Gasteiger partial charge is 0.170 e. The maximum absolute atomic E-state index is 13.1. The highest BCUT2D eigenvalue weighted by Crippen LogP contribution is 2.23. The molecule has 2 aromatic rings. The van der Waals surface area contributed by atoms with E-state index in [0.717, 1.165) is 22.6 Å². The summed E-state index contributed by atoms with van der Waals surface area (Å²) in [7, 11) is 1.75. The minimum absolute atomic E-state index is 0.348. The Bertz CT molecular complexity index is 684. The van der Waals surface area contributed by atoms with Gasteiger partial charge in [-0.2, -0.15) is 5.10 Å². The van der Waals surface area contributed by atoms with Gasteiger partial charge < -0.3 is 10.6 Å². The lowest BCUT2D eigenvalue weighted by Gasteiger charge is -2.09. The Kier molecular flexibility index (Phi) is 4.80. The topological polar surface area (TPSA) is 41.9 Å². The number of hydrogen-bond acceptors (Lipinski definition) is 2. The number of benzene rings is 1. The van der Waals surface area contributed by atoms with Gasteiger partial charge in [0.25, 0.3) is 0 Å². The average Bonchev–Trinajstić information content (AvgIpc) is 2.69. The fourth-order valence-electron chi connectivity index (χ4n) is 2.02. The molecule has 1 aromatic heterocycles. The highest BCUT2D eigenvalue weighted by molar-refractivity contribution is 7.80. The van der Waals surface area contributed by atoms with E-state index in [1.165, 1.54) is 12.1 Å². The van der Waals surface area contributed by atoms with E-state index in [1.807, 2.05) is 18.5 Å². The van der Waals surface area contributed by atoms with E-state index in [2.05, 4.69) is 15.7 Å². The summed E-state index contributed by atoms with van der Waals surface area (Å²) in [6.07, 6.45) is 0. The molecular weight excluding hydrogens is 311 g/mol. The summed E-state index contributed by atoms with van der Waals surface area (Å²) in [5.41, 5.74) is 3.45. The summed E-state index contributed by atoms with van der Waals surface area (Å²) in [5, 5.41) is 11.4. The molecule has 0 saturated carbocycles. The van der Waals surface area contributed by atoms with Crippen LogP contribution in [-0.2, 0) is 6.54 Å². The number of thiocarbonyl (C=S) groups is 1. The molecule has 0 aliphatic heterocycles. The lowest BCUT2D eigenvalue weighted by atomic mass is 10.2. The maximum Gasteiger partial charge on any atom is 0.170 e. The first-order valence-corrected chi connectivity index (χ1v) is 7.17. The van der Waals surface area contributed by atoms with Crippen LogP contribution in [0.1, 0.15) is 17.0 Å². The molecule has 0 spiro atoms. The molecule has 0 atom stereocenters. The molecule has 21 heavy (non-hydrogen) atoms. The lowest BCUT2D eigenvalue weighted by molar-refractivity contribution is 0.622. The van der Waals surface area contributed by atoms with Crippen LogP contribution in [0.2, 0.25) is 5.02 Å². The quantitative estimate of drug-likeness (QED) is 0.850. The third-order valence-corrected chi connectivity index (χ3v) is 3.84. The van der Waals surface area contributed by atoms with Crippen LogP contribution >= 0.6 is 23.8 Å². The molecule has 1 aromatic carbocycles. The van der Waals surface area contributed by atoms with E-state index in [4.69, 9.17) is 23.8 Å². The predicted molar refractivity (Wildman–Crippen MR) is 87.5 cm³/mol. The van der Waals surface area contributed by atoms with Crippen LogP contribution in [0, 0.1) is 19.7 Å². The van der Waals surface area contributed by atoms with E-state index in [9.17, 15) is 4.39 Å². The Morgan fingerprint density at radius 1 is 1.43 bits per heavy atom. The number of rotatable bonds is 3. The van der Waals surface area contributed by atoms with Crippen molar-refractivity contribution in [3.05, 3.63) is 46.0 Å². The molecule has 7 heteroatoms. The van der Waals surface area contributed by atoms with Crippen molar-refractivity contribution in [2.24, 2.45) is 0 Å². The molecule has 0 amide bonds. The van der Waals surface area contributed by atoms with Gasteiger partial charge in [0, 0.05) is 12.1 Å². The Morgan fingerprint density at radius 3 is 2.76 bits per heavy atom. The van der Waals surface area contributed by atoms with Crippen molar-refractivity contribution in [2.75, 3.05) is 12.4 Å². The third-order valence-electron chi connectivity index (χ3n) is 3.18. The average molecular weight is 327 g/mol. The van der Waals surface area contributed by atoms with Gasteiger partial charge in [0.15, 0.2) is 5.11 Å². The monoisotopic (exact) mass is 326 g/mol.